The van der Waals surface area contributed by atoms with Crippen LogP contribution in [0, 0.1) is 6.92 Å². The number of carbonyl (C=O) groups is 1. The van der Waals surface area contributed by atoms with Crippen LogP contribution in [-0.4, -0.2) is 18.6 Å². The Hall–Kier alpha value is -2.49. The van der Waals surface area contributed by atoms with E-state index < -0.39 is 6.10 Å². The third-order valence-electron chi connectivity index (χ3n) is 4.17. The van der Waals surface area contributed by atoms with Gasteiger partial charge >= 0.3 is 0 Å². The summed E-state index contributed by atoms with van der Waals surface area (Å²) in [5.41, 5.74) is 3.25. The second-order valence-corrected chi connectivity index (χ2v) is 6.75. The van der Waals surface area contributed by atoms with Gasteiger partial charge in [0.1, 0.15) is 11.5 Å². The van der Waals surface area contributed by atoms with Crippen LogP contribution in [0.4, 0.5) is 0 Å². The highest BCUT2D eigenvalue weighted by Gasteiger charge is 2.17. The molecular weight excluding hydrogens is 326 g/mol. The summed E-state index contributed by atoms with van der Waals surface area (Å²) in [6.45, 7) is 11.1. The van der Waals surface area contributed by atoms with Crippen LogP contribution in [-0.2, 0) is 11.3 Å². The first kappa shape index (κ1) is 19.8. The molecule has 140 valence electrons. The molecule has 0 saturated carbocycles. The van der Waals surface area contributed by atoms with E-state index in [1.807, 2.05) is 44.2 Å². The first-order chi connectivity index (χ1) is 12.4. The number of rotatable bonds is 8. The molecule has 0 fully saturated rings. The van der Waals surface area contributed by atoms with Gasteiger partial charge < -0.3 is 14.8 Å². The van der Waals surface area contributed by atoms with Gasteiger partial charge in [-0.05, 0) is 61.6 Å². The molecule has 4 nitrogen and oxygen atoms in total. The van der Waals surface area contributed by atoms with Crippen molar-refractivity contribution in [1.82, 2.24) is 5.32 Å². The summed E-state index contributed by atoms with van der Waals surface area (Å²) in [7, 11) is 0. The van der Waals surface area contributed by atoms with Crippen LogP contribution in [0.5, 0.6) is 11.5 Å². The number of aryl methyl sites for hydroxylation is 1. The number of hydrogen-bond donors (Lipinski definition) is 1. The zero-order valence-electron chi connectivity index (χ0n) is 16.3. The van der Waals surface area contributed by atoms with Crippen LogP contribution < -0.4 is 14.8 Å². The zero-order valence-corrected chi connectivity index (χ0v) is 16.3. The molecule has 0 aliphatic carbocycles. The molecule has 0 heterocycles. The van der Waals surface area contributed by atoms with Gasteiger partial charge in [-0.2, -0.15) is 0 Å². The van der Waals surface area contributed by atoms with Crippen molar-refractivity contribution in [3.63, 3.8) is 0 Å². The number of nitrogens with one attached hydrogen (secondary N) is 1. The third-order valence-corrected chi connectivity index (χ3v) is 4.17. The van der Waals surface area contributed by atoms with Crippen molar-refractivity contribution in [3.8, 4) is 11.5 Å². The van der Waals surface area contributed by atoms with E-state index in [2.05, 4.69) is 31.3 Å². The molecule has 0 spiro atoms. The first-order valence-corrected chi connectivity index (χ1v) is 9.17. The van der Waals surface area contributed by atoms with E-state index >= 15 is 0 Å². The van der Waals surface area contributed by atoms with Crippen molar-refractivity contribution in [1.29, 1.82) is 0 Å². The second kappa shape index (κ2) is 9.27. The van der Waals surface area contributed by atoms with Crippen molar-refractivity contribution in [2.75, 3.05) is 6.61 Å². The van der Waals surface area contributed by atoms with Gasteiger partial charge in [-0.25, -0.2) is 0 Å². The van der Waals surface area contributed by atoms with Crippen LogP contribution in [0.3, 0.4) is 0 Å². The lowest BCUT2D eigenvalue weighted by molar-refractivity contribution is -0.127. The maximum atomic E-state index is 12.4. The van der Waals surface area contributed by atoms with E-state index in [0.29, 0.717) is 19.1 Å². The largest absolute Gasteiger partial charge is 0.494 e. The van der Waals surface area contributed by atoms with Crippen molar-refractivity contribution in [3.05, 3.63) is 59.2 Å². The summed E-state index contributed by atoms with van der Waals surface area (Å²) in [5, 5.41) is 2.93. The molecule has 0 radical (unpaired) electrons. The summed E-state index contributed by atoms with van der Waals surface area (Å²) in [4.78, 5) is 12.4. The zero-order chi connectivity index (χ0) is 19.1. The Morgan fingerprint density at radius 2 is 1.77 bits per heavy atom. The van der Waals surface area contributed by atoms with Crippen molar-refractivity contribution in [2.24, 2.45) is 0 Å². The van der Waals surface area contributed by atoms with E-state index in [4.69, 9.17) is 9.47 Å². The molecule has 0 aliphatic rings. The van der Waals surface area contributed by atoms with E-state index in [-0.39, 0.29) is 5.91 Å². The van der Waals surface area contributed by atoms with E-state index in [1.165, 1.54) is 0 Å². The maximum Gasteiger partial charge on any atom is 0.261 e. The maximum absolute atomic E-state index is 12.4. The van der Waals surface area contributed by atoms with Crippen molar-refractivity contribution < 1.29 is 14.3 Å². The summed E-state index contributed by atoms with van der Waals surface area (Å²) >= 11 is 0. The van der Waals surface area contributed by atoms with Gasteiger partial charge in [0.2, 0.25) is 0 Å². The number of ether oxygens (including phenoxy) is 2. The van der Waals surface area contributed by atoms with Crippen LogP contribution in [0.1, 0.15) is 50.3 Å². The lowest BCUT2D eigenvalue weighted by Crippen LogP contribution is -2.36. The third kappa shape index (κ3) is 5.51. The molecule has 1 amide bonds. The SMILES string of the molecule is CCOc1ccc(CNC(=O)[C@H](C)Oc2cc(C)ccc2C(C)C)cc1. The molecule has 0 bridgehead atoms. The summed E-state index contributed by atoms with van der Waals surface area (Å²) in [6.07, 6.45) is -0.558. The van der Waals surface area contributed by atoms with Crippen LogP contribution in [0.2, 0.25) is 0 Å². The summed E-state index contributed by atoms with van der Waals surface area (Å²) in [6, 6.07) is 13.9. The number of hydrogen-bond acceptors (Lipinski definition) is 3. The van der Waals surface area contributed by atoms with Gasteiger partial charge in [0.25, 0.3) is 5.91 Å². The first-order valence-electron chi connectivity index (χ1n) is 9.17. The Labute approximate surface area is 156 Å². The molecule has 2 rings (SSSR count). The van der Waals surface area contributed by atoms with Gasteiger partial charge in [0.05, 0.1) is 6.61 Å². The molecule has 0 saturated heterocycles. The number of amides is 1. The second-order valence-electron chi connectivity index (χ2n) is 6.75. The minimum absolute atomic E-state index is 0.130. The lowest BCUT2D eigenvalue weighted by Gasteiger charge is -2.19. The minimum Gasteiger partial charge on any atom is -0.494 e. The number of benzene rings is 2. The van der Waals surface area contributed by atoms with E-state index in [0.717, 1.165) is 28.2 Å². The van der Waals surface area contributed by atoms with Gasteiger partial charge in [-0.3, -0.25) is 4.79 Å². The molecule has 4 heteroatoms. The highest BCUT2D eigenvalue weighted by molar-refractivity contribution is 5.80. The molecular formula is C22H29NO3. The smallest absolute Gasteiger partial charge is 0.261 e. The highest BCUT2D eigenvalue weighted by Crippen LogP contribution is 2.28. The monoisotopic (exact) mass is 355 g/mol. The summed E-state index contributed by atoms with van der Waals surface area (Å²) in [5.74, 6) is 1.82. The fourth-order valence-corrected chi connectivity index (χ4v) is 2.67. The Bertz CT molecular complexity index is 723. The van der Waals surface area contributed by atoms with Crippen molar-refractivity contribution >= 4 is 5.91 Å². The Kier molecular flexibility index (Phi) is 7.07. The van der Waals surface area contributed by atoms with Crippen LogP contribution in [0.15, 0.2) is 42.5 Å². The molecule has 26 heavy (non-hydrogen) atoms. The van der Waals surface area contributed by atoms with Gasteiger partial charge in [0.15, 0.2) is 6.10 Å². The Morgan fingerprint density at radius 1 is 1.08 bits per heavy atom. The molecule has 2 aromatic carbocycles. The van der Waals surface area contributed by atoms with E-state index in [9.17, 15) is 4.79 Å². The molecule has 0 unspecified atom stereocenters. The molecule has 1 atom stereocenters. The van der Waals surface area contributed by atoms with Crippen LogP contribution >= 0.6 is 0 Å². The minimum atomic E-state index is -0.558. The predicted molar refractivity (Wildman–Crippen MR) is 105 cm³/mol. The van der Waals surface area contributed by atoms with Gasteiger partial charge in [-0.1, -0.05) is 38.1 Å². The molecule has 0 aromatic heterocycles. The molecule has 2 aromatic rings. The van der Waals surface area contributed by atoms with E-state index in [1.54, 1.807) is 6.92 Å². The van der Waals surface area contributed by atoms with Gasteiger partial charge in [0, 0.05) is 6.54 Å². The quantitative estimate of drug-likeness (QED) is 0.753. The standard InChI is InChI=1S/C22H29NO3/c1-6-25-19-10-8-18(9-11-19)14-23-22(24)17(5)26-21-13-16(4)7-12-20(21)15(2)3/h7-13,15,17H,6,14H2,1-5H3,(H,23,24)/t17-/m0/s1. The number of carbonyl (C=O) groups excluding carboxylic acids is 1. The Balaban J connectivity index is 1.94. The summed E-state index contributed by atoms with van der Waals surface area (Å²) < 4.78 is 11.4. The van der Waals surface area contributed by atoms with Gasteiger partial charge in [-0.15, -0.1) is 0 Å². The molecule has 1 N–H and O–H groups in total. The average molecular weight is 355 g/mol. The fourth-order valence-electron chi connectivity index (χ4n) is 2.67. The average Bonchev–Trinajstić information content (AvgIpc) is 2.61. The predicted octanol–water partition coefficient (Wildman–Crippen LogP) is 4.60. The normalized spacial score (nSPS) is 11.9. The lowest BCUT2D eigenvalue weighted by atomic mass is 10.0. The Morgan fingerprint density at radius 3 is 2.38 bits per heavy atom. The topological polar surface area (TPSA) is 47.6 Å². The fraction of sp³-hybridized carbons (Fsp3) is 0.409. The highest BCUT2D eigenvalue weighted by atomic mass is 16.5. The van der Waals surface area contributed by atoms with Crippen LogP contribution in [0.25, 0.3) is 0 Å². The molecule has 0 aliphatic heterocycles. The van der Waals surface area contributed by atoms with Crippen molar-refractivity contribution in [2.45, 2.75) is 53.2 Å².